The van der Waals surface area contributed by atoms with E-state index in [9.17, 15) is 21.6 Å². The number of nitrogens with one attached hydrogen (secondary N) is 3. The molecule has 16 nitrogen and oxygen atoms in total. The summed E-state index contributed by atoms with van der Waals surface area (Å²) < 4.78 is 72.3. The van der Waals surface area contributed by atoms with Crippen molar-refractivity contribution in [2.75, 3.05) is 40.4 Å². The van der Waals surface area contributed by atoms with Crippen LogP contribution in [0.15, 0.2) is 70.5 Å². The Bertz CT molecular complexity index is 1990. The van der Waals surface area contributed by atoms with Crippen LogP contribution >= 0.6 is 22.6 Å². The molecule has 3 aromatic carbocycles. The smallest absolute Gasteiger partial charge is 0.404 e. The van der Waals surface area contributed by atoms with E-state index in [1.807, 2.05) is 39.6 Å². The zero-order valence-electron chi connectivity index (χ0n) is 26.5. The van der Waals surface area contributed by atoms with E-state index in [0.717, 1.165) is 5.56 Å². The van der Waals surface area contributed by atoms with Crippen LogP contribution in [0.2, 0.25) is 0 Å². The predicted octanol–water partition coefficient (Wildman–Crippen LogP) is 2.11. The summed E-state index contributed by atoms with van der Waals surface area (Å²) in [7, 11) is -5.86. The number of aromatic nitrogens is 4. The number of carboxylic acid groups (broad SMARTS) is 1. The number of hydrogen-bond acceptors (Lipinski definition) is 11. The Morgan fingerprint density at radius 1 is 0.959 bits per heavy atom. The van der Waals surface area contributed by atoms with Crippen LogP contribution in [0, 0.1) is 3.57 Å². The average molecular weight is 827 g/mol. The van der Waals surface area contributed by atoms with Crippen LogP contribution in [-0.2, 0) is 33.1 Å². The van der Waals surface area contributed by atoms with E-state index in [1.54, 1.807) is 43.5 Å². The number of amides is 1. The molecule has 4 aromatic rings. The maximum atomic E-state index is 14.2. The lowest BCUT2D eigenvalue weighted by molar-refractivity contribution is 0.192. The molecule has 1 aliphatic rings. The molecule has 49 heavy (non-hydrogen) atoms. The summed E-state index contributed by atoms with van der Waals surface area (Å²) in [5.41, 5.74) is 1.43. The normalized spacial score (nSPS) is 15.3. The van der Waals surface area contributed by atoms with Crippen LogP contribution in [0.5, 0.6) is 11.5 Å². The SMILES string of the molecule is COc1ccc(CNS(=O)(=O)c2c(S(=O)(=O)NC3CCN(CCNC(=O)O)C3)ccc(I)c2-c2nnn(Cc3ccc(OC)cc3)n2)cc1. The van der Waals surface area contributed by atoms with Crippen molar-refractivity contribution in [2.24, 2.45) is 0 Å². The van der Waals surface area contributed by atoms with Crippen molar-refractivity contribution in [2.45, 2.75) is 35.3 Å². The molecule has 1 fully saturated rings. The van der Waals surface area contributed by atoms with E-state index in [4.69, 9.17) is 14.6 Å². The fourth-order valence-corrected chi connectivity index (χ4v) is 9.45. The fourth-order valence-electron chi connectivity index (χ4n) is 5.26. The van der Waals surface area contributed by atoms with Gasteiger partial charge in [-0.3, -0.25) is 4.90 Å². The number of tetrazole rings is 1. The maximum absolute atomic E-state index is 14.2. The number of methoxy groups -OCH3 is 2. The van der Waals surface area contributed by atoms with Gasteiger partial charge in [0.1, 0.15) is 21.3 Å². The standard InChI is InChI=1S/C30H35IN8O8S2/c1-46-23-7-3-20(4-8-23)17-33-49(44,45)28-26(48(42,43)36-22-13-15-38(19-22)16-14-32-30(40)41)12-11-25(31)27(28)29-34-37-39(35-29)18-21-5-9-24(47-2)10-6-21/h3-12,22,32-33,36H,13-19H2,1-2H3,(H,40,41). The number of halogens is 1. The molecule has 1 unspecified atom stereocenters. The third-order valence-corrected chi connectivity index (χ3v) is 11.8. The molecule has 1 atom stereocenters. The van der Waals surface area contributed by atoms with Gasteiger partial charge in [-0.2, -0.15) is 4.80 Å². The van der Waals surface area contributed by atoms with Crippen molar-refractivity contribution in [1.29, 1.82) is 0 Å². The molecule has 0 bridgehead atoms. The molecule has 0 aliphatic carbocycles. The maximum Gasteiger partial charge on any atom is 0.404 e. The molecular formula is C30H35IN8O8S2. The molecule has 1 aromatic heterocycles. The highest BCUT2D eigenvalue weighted by molar-refractivity contribution is 14.1. The third-order valence-electron chi connectivity index (χ3n) is 7.71. The molecule has 19 heteroatoms. The minimum Gasteiger partial charge on any atom is -0.497 e. The highest BCUT2D eigenvalue weighted by Gasteiger charge is 2.35. The first kappa shape index (κ1) is 36.4. The van der Waals surface area contributed by atoms with Gasteiger partial charge in [0, 0.05) is 35.8 Å². The largest absolute Gasteiger partial charge is 0.497 e. The lowest BCUT2D eigenvalue weighted by Gasteiger charge is -2.19. The van der Waals surface area contributed by atoms with Crippen molar-refractivity contribution in [3.8, 4) is 22.9 Å². The monoisotopic (exact) mass is 826 g/mol. The van der Waals surface area contributed by atoms with E-state index >= 15 is 0 Å². The van der Waals surface area contributed by atoms with Crippen molar-refractivity contribution in [3.05, 3.63) is 75.4 Å². The molecule has 262 valence electrons. The van der Waals surface area contributed by atoms with E-state index in [1.165, 1.54) is 24.0 Å². The second kappa shape index (κ2) is 15.8. The van der Waals surface area contributed by atoms with Crippen LogP contribution in [0.3, 0.4) is 0 Å². The number of carbonyl (C=O) groups is 1. The molecule has 2 heterocycles. The first-order valence-corrected chi connectivity index (χ1v) is 19.0. The summed E-state index contributed by atoms with van der Waals surface area (Å²) in [4.78, 5) is 13.0. The van der Waals surface area contributed by atoms with Gasteiger partial charge in [0.15, 0.2) is 0 Å². The Hall–Kier alpha value is -3.89. The van der Waals surface area contributed by atoms with Gasteiger partial charge in [-0.1, -0.05) is 24.3 Å². The summed E-state index contributed by atoms with van der Waals surface area (Å²) in [6, 6.07) is 16.2. The Morgan fingerprint density at radius 3 is 2.24 bits per heavy atom. The summed E-state index contributed by atoms with van der Waals surface area (Å²) in [5.74, 6) is 1.20. The first-order chi connectivity index (χ1) is 23.4. The number of hydrogen-bond donors (Lipinski definition) is 4. The second-order valence-corrected chi connectivity index (χ2v) is 15.6. The van der Waals surface area contributed by atoms with Crippen molar-refractivity contribution in [1.82, 2.24) is 39.9 Å². The summed E-state index contributed by atoms with van der Waals surface area (Å²) in [5, 5.41) is 23.9. The summed E-state index contributed by atoms with van der Waals surface area (Å²) in [6.45, 7) is 1.50. The topological polar surface area (TPSA) is 207 Å². The third kappa shape index (κ3) is 9.22. The Balaban J connectivity index is 1.49. The van der Waals surface area contributed by atoms with Gasteiger partial charge in [-0.15, -0.1) is 10.2 Å². The van der Waals surface area contributed by atoms with Gasteiger partial charge in [-0.05, 0) is 88.3 Å². The molecule has 0 spiro atoms. The first-order valence-electron chi connectivity index (χ1n) is 15.0. The van der Waals surface area contributed by atoms with E-state index in [0.29, 0.717) is 46.7 Å². The van der Waals surface area contributed by atoms with Crippen LogP contribution in [0.25, 0.3) is 11.4 Å². The predicted molar refractivity (Wildman–Crippen MR) is 186 cm³/mol. The number of sulfonamides is 2. The average Bonchev–Trinajstić information content (AvgIpc) is 3.73. The molecule has 0 saturated carbocycles. The number of ether oxygens (including phenoxy) is 2. The van der Waals surface area contributed by atoms with Gasteiger partial charge in [-0.25, -0.2) is 31.1 Å². The molecule has 4 N–H and O–H groups in total. The summed E-state index contributed by atoms with van der Waals surface area (Å²) in [6.07, 6.45) is -0.696. The van der Waals surface area contributed by atoms with Gasteiger partial charge in [0.2, 0.25) is 25.9 Å². The van der Waals surface area contributed by atoms with Crippen molar-refractivity contribution >= 4 is 48.7 Å². The Kier molecular flexibility index (Phi) is 11.7. The number of likely N-dealkylation sites (tertiary alicyclic amines) is 1. The lowest BCUT2D eigenvalue weighted by Crippen LogP contribution is -2.39. The van der Waals surface area contributed by atoms with E-state index in [-0.39, 0.29) is 31.0 Å². The summed E-state index contributed by atoms with van der Waals surface area (Å²) >= 11 is 1.93. The van der Waals surface area contributed by atoms with Crippen molar-refractivity contribution in [3.63, 3.8) is 0 Å². The van der Waals surface area contributed by atoms with E-state index in [2.05, 4.69) is 30.2 Å². The van der Waals surface area contributed by atoms with Crippen LogP contribution in [0.1, 0.15) is 17.5 Å². The molecular weight excluding hydrogens is 791 g/mol. The Labute approximate surface area is 297 Å². The number of rotatable bonds is 15. The highest BCUT2D eigenvalue weighted by atomic mass is 127. The van der Waals surface area contributed by atoms with Gasteiger partial charge in [0.25, 0.3) is 0 Å². The van der Waals surface area contributed by atoms with E-state index < -0.39 is 42.0 Å². The molecule has 1 aliphatic heterocycles. The number of benzene rings is 3. The number of nitrogens with zero attached hydrogens (tertiary/aromatic N) is 5. The minimum absolute atomic E-state index is 0.0144. The molecule has 5 rings (SSSR count). The van der Waals surface area contributed by atoms with Gasteiger partial charge in [0.05, 0.1) is 26.3 Å². The second-order valence-electron chi connectivity index (χ2n) is 11.1. The zero-order valence-corrected chi connectivity index (χ0v) is 30.3. The van der Waals surface area contributed by atoms with Crippen LogP contribution in [0.4, 0.5) is 4.79 Å². The zero-order chi connectivity index (χ0) is 35.2. The molecule has 0 radical (unpaired) electrons. The van der Waals surface area contributed by atoms with Crippen LogP contribution in [-0.4, -0.2) is 99.6 Å². The molecule has 1 amide bonds. The Morgan fingerprint density at radius 2 is 1.61 bits per heavy atom. The highest BCUT2D eigenvalue weighted by Crippen LogP contribution is 2.35. The van der Waals surface area contributed by atoms with Gasteiger partial charge < -0.3 is 19.9 Å². The fraction of sp³-hybridized carbons (Fsp3) is 0.333. The molecule has 1 saturated heterocycles. The van der Waals surface area contributed by atoms with Crippen LogP contribution < -0.4 is 24.2 Å². The lowest BCUT2D eigenvalue weighted by atomic mass is 10.2. The van der Waals surface area contributed by atoms with Crippen molar-refractivity contribution < 1.29 is 36.2 Å². The quantitative estimate of drug-likeness (QED) is 0.127. The van der Waals surface area contributed by atoms with Gasteiger partial charge >= 0.3 is 6.09 Å². The minimum atomic E-state index is -4.52.